The van der Waals surface area contributed by atoms with Crippen molar-refractivity contribution in [3.8, 4) is 0 Å². The highest BCUT2D eigenvalue weighted by molar-refractivity contribution is 5.93. The lowest BCUT2D eigenvalue weighted by Crippen LogP contribution is -2.53. The SMILES string of the molecule is CC(C)(C)OC(=O)N1CC[C@H](NC(=O)C2CC2)C(=O)C1. The third-order valence-electron chi connectivity index (χ3n) is 3.34. The zero-order valence-electron chi connectivity index (χ0n) is 12.3. The predicted octanol–water partition coefficient (Wildman–Crippen LogP) is 1.09. The molecule has 0 radical (unpaired) electrons. The van der Waals surface area contributed by atoms with Crippen LogP contribution in [0.3, 0.4) is 0 Å². The summed E-state index contributed by atoms with van der Waals surface area (Å²) < 4.78 is 5.24. The summed E-state index contributed by atoms with van der Waals surface area (Å²) in [5, 5.41) is 2.77. The number of amides is 2. The van der Waals surface area contributed by atoms with Crippen LogP contribution in [0.1, 0.15) is 40.0 Å². The Labute approximate surface area is 118 Å². The number of carbonyl (C=O) groups is 3. The van der Waals surface area contributed by atoms with Gasteiger partial charge in [-0.3, -0.25) is 9.59 Å². The average Bonchev–Trinajstić information content (AvgIpc) is 3.13. The molecule has 1 heterocycles. The summed E-state index contributed by atoms with van der Waals surface area (Å²) in [6, 6.07) is -0.457. The first kappa shape index (κ1) is 14.8. The van der Waals surface area contributed by atoms with Crippen LogP contribution in [0.2, 0.25) is 0 Å². The number of likely N-dealkylation sites (tertiary alicyclic amines) is 1. The van der Waals surface area contributed by atoms with Crippen LogP contribution in [-0.2, 0) is 14.3 Å². The molecule has 1 atom stereocenters. The second-order valence-electron chi connectivity index (χ2n) is 6.49. The van der Waals surface area contributed by atoms with Crippen LogP contribution in [0.25, 0.3) is 0 Å². The number of ketones is 1. The topological polar surface area (TPSA) is 75.7 Å². The van der Waals surface area contributed by atoms with Crippen molar-refractivity contribution in [1.82, 2.24) is 10.2 Å². The van der Waals surface area contributed by atoms with E-state index in [4.69, 9.17) is 4.74 Å². The molecule has 1 saturated heterocycles. The minimum Gasteiger partial charge on any atom is -0.444 e. The Morgan fingerprint density at radius 2 is 1.90 bits per heavy atom. The van der Waals surface area contributed by atoms with Gasteiger partial charge in [-0.05, 0) is 40.0 Å². The number of piperidine rings is 1. The van der Waals surface area contributed by atoms with E-state index in [1.807, 2.05) is 0 Å². The zero-order valence-corrected chi connectivity index (χ0v) is 12.3. The van der Waals surface area contributed by atoms with E-state index in [9.17, 15) is 14.4 Å². The third kappa shape index (κ3) is 3.95. The molecule has 20 heavy (non-hydrogen) atoms. The lowest BCUT2D eigenvalue weighted by Gasteiger charge is -2.32. The summed E-state index contributed by atoms with van der Waals surface area (Å²) in [4.78, 5) is 36.9. The number of nitrogens with one attached hydrogen (secondary N) is 1. The second kappa shape index (κ2) is 5.42. The van der Waals surface area contributed by atoms with Crippen molar-refractivity contribution in [1.29, 1.82) is 0 Å². The highest BCUT2D eigenvalue weighted by Crippen LogP contribution is 2.29. The fraction of sp³-hybridized carbons (Fsp3) is 0.786. The van der Waals surface area contributed by atoms with E-state index in [2.05, 4.69) is 5.32 Å². The molecular formula is C14H22N2O4. The Morgan fingerprint density at radius 3 is 2.40 bits per heavy atom. The van der Waals surface area contributed by atoms with Crippen LogP contribution in [0, 0.1) is 5.92 Å². The van der Waals surface area contributed by atoms with Crippen molar-refractivity contribution in [3.63, 3.8) is 0 Å². The van der Waals surface area contributed by atoms with E-state index in [0.717, 1.165) is 12.8 Å². The van der Waals surface area contributed by atoms with Gasteiger partial charge in [-0.25, -0.2) is 4.79 Å². The molecule has 0 unspecified atom stereocenters. The number of ether oxygens (including phenoxy) is 1. The number of rotatable bonds is 2. The van der Waals surface area contributed by atoms with Crippen LogP contribution >= 0.6 is 0 Å². The Balaban J connectivity index is 1.83. The quantitative estimate of drug-likeness (QED) is 0.822. The fourth-order valence-corrected chi connectivity index (χ4v) is 2.09. The third-order valence-corrected chi connectivity index (χ3v) is 3.34. The van der Waals surface area contributed by atoms with Gasteiger partial charge in [-0.15, -0.1) is 0 Å². The maximum atomic E-state index is 12.0. The summed E-state index contributed by atoms with van der Waals surface area (Å²) in [5.74, 6) is -0.0723. The van der Waals surface area contributed by atoms with Gasteiger partial charge in [0, 0.05) is 12.5 Å². The number of nitrogens with zero attached hydrogens (tertiary/aromatic N) is 1. The molecule has 0 bridgehead atoms. The first-order chi connectivity index (χ1) is 9.26. The highest BCUT2D eigenvalue weighted by atomic mass is 16.6. The van der Waals surface area contributed by atoms with Crippen LogP contribution in [0.5, 0.6) is 0 Å². The van der Waals surface area contributed by atoms with Crippen molar-refractivity contribution in [2.24, 2.45) is 5.92 Å². The molecule has 1 aliphatic heterocycles. The van der Waals surface area contributed by atoms with Gasteiger partial charge in [-0.2, -0.15) is 0 Å². The van der Waals surface area contributed by atoms with Gasteiger partial charge in [0.05, 0.1) is 12.6 Å². The van der Waals surface area contributed by atoms with E-state index in [1.165, 1.54) is 4.90 Å². The molecule has 6 heteroatoms. The summed E-state index contributed by atoms with van der Waals surface area (Å²) >= 11 is 0. The Morgan fingerprint density at radius 1 is 1.25 bits per heavy atom. The van der Waals surface area contributed by atoms with Crippen molar-refractivity contribution in [2.45, 2.75) is 51.7 Å². The molecule has 2 aliphatic rings. The average molecular weight is 282 g/mol. The zero-order chi connectivity index (χ0) is 14.9. The molecule has 1 N–H and O–H groups in total. The van der Waals surface area contributed by atoms with Gasteiger partial charge in [0.25, 0.3) is 0 Å². The Bertz CT molecular complexity index is 423. The number of Topliss-reactive ketones (excluding diaryl/α,β-unsaturated/α-hetero) is 1. The normalized spacial score (nSPS) is 23.4. The second-order valence-corrected chi connectivity index (χ2v) is 6.49. The molecule has 112 valence electrons. The van der Waals surface area contributed by atoms with E-state index < -0.39 is 17.7 Å². The lowest BCUT2D eigenvalue weighted by atomic mass is 10.0. The molecule has 2 rings (SSSR count). The first-order valence-corrected chi connectivity index (χ1v) is 7.07. The molecule has 1 aliphatic carbocycles. The van der Waals surface area contributed by atoms with Crippen LogP contribution in [0.4, 0.5) is 4.79 Å². The maximum absolute atomic E-state index is 12.0. The maximum Gasteiger partial charge on any atom is 0.410 e. The van der Waals surface area contributed by atoms with E-state index in [0.29, 0.717) is 13.0 Å². The predicted molar refractivity (Wildman–Crippen MR) is 72.1 cm³/mol. The molecule has 2 amide bonds. The van der Waals surface area contributed by atoms with Gasteiger partial charge in [-0.1, -0.05) is 0 Å². The summed E-state index contributed by atoms with van der Waals surface area (Å²) in [6.45, 7) is 5.79. The largest absolute Gasteiger partial charge is 0.444 e. The van der Waals surface area contributed by atoms with Crippen molar-refractivity contribution >= 4 is 17.8 Å². The summed E-state index contributed by atoms with van der Waals surface area (Å²) in [5.41, 5.74) is -0.572. The van der Waals surface area contributed by atoms with Crippen LogP contribution < -0.4 is 5.32 Å². The van der Waals surface area contributed by atoms with E-state index in [-0.39, 0.29) is 24.2 Å². The van der Waals surface area contributed by atoms with Crippen LogP contribution in [0.15, 0.2) is 0 Å². The minimum atomic E-state index is -0.572. The first-order valence-electron chi connectivity index (χ1n) is 7.07. The minimum absolute atomic E-state index is 0.00449. The van der Waals surface area contributed by atoms with E-state index >= 15 is 0 Å². The number of hydrogen-bond donors (Lipinski definition) is 1. The molecule has 2 fully saturated rings. The lowest BCUT2D eigenvalue weighted by molar-refractivity contribution is -0.130. The molecule has 6 nitrogen and oxygen atoms in total. The van der Waals surface area contributed by atoms with Gasteiger partial charge in [0.1, 0.15) is 5.60 Å². The Kier molecular flexibility index (Phi) is 4.01. The van der Waals surface area contributed by atoms with Crippen molar-refractivity contribution in [2.75, 3.05) is 13.1 Å². The number of hydrogen-bond acceptors (Lipinski definition) is 4. The van der Waals surface area contributed by atoms with Crippen molar-refractivity contribution < 1.29 is 19.1 Å². The molecule has 0 aromatic carbocycles. The molecule has 0 spiro atoms. The van der Waals surface area contributed by atoms with Crippen LogP contribution in [-0.4, -0.2) is 47.4 Å². The molecule has 0 aromatic heterocycles. The molecular weight excluding hydrogens is 260 g/mol. The van der Waals surface area contributed by atoms with Crippen molar-refractivity contribution in [3.05, 3.63) is 0 Å². The molecule has 0 aromatic rings. The van der Waals surface area contributed by atoms with Gasteiger partial charge in [0.15, 0.2) is 5.78 Å². The van der Waals surface area contributed by atoms with E-state index in [1.54, 1.807) is 20.8 Å². The fourth-order valence-electron chi connectivity index (χ4n) is 2.09. The Hall–Kier alpha value is -1.59. The monoisotopic (exact) mass is 282 g/mol. The van der Waals surface area contributed by atoms with Gasteiger partial charge < -0.3 is 15.0 Å². The summed E-state index contributed by atoms with van der Waals surface area (Å²) in [6.07, 6.45) is 1.81. The number of carbonyl (C=O) groups excluding carboxylic acids is 3. The summed E-state index contributed by atoms with van der Waals surface area (Å²) in [7, 11) is 0. The standard InChI is InChI=1S/C14H22N2O4/c1-14(2,3)20-13(19)16-7-6-10(11(17)8-16)15-12(18)9-4-5-9/h9-10H,4-8H2,1-3H3,(H,15,18)/t10-/m0/s1. The highest BCUT2D eigenvalue weighted by Gasteiger charge is 2.36. The molecule has 1 saturated carbocycles. The van der Waals surface area contributed by atoms with Gasteiger partial charge >= 0.3 is 6.09 Å². The van der Waals surface area contributed by atoms with Gasteiger partial charge in [0.2, 0.25) is 5.91 Å². The smallest absolute Gasteiger partial charge is 0.410 e.